The molecule has 1 N–H and O–H groups in total. The van der Waals surface area contributed by atoms with Crippen molar-refractivity contribution < 1.29 is 0 Å². The molecular weight excluding hydrogens is 204 g/mol. The van der Waals surface area contributed by atoms with Crippen LogP contribution in [-0.2, 0) is 5.41 Å². The molecule has 0 aromatic carbocycles. The minimum atomic E-state index is 0.253. The number of nitrogens with one attached hydrogen (secondary N) is 1. The fourth-order valence-electron chi connectivity index (χ4n) is 1.73. The molecule has 1 saturated heterocycles. The molecule has 0 amide bonds. The molecule has 72 valence electrons. The third kappa shape index (κ3) is 1.87. The molecule has 0 spiro atoms. The molecule has 0 aliphatic carbocycles. The molecule has 1 aromatic rings. The highest BCUT2D eigenvalue weighted by Crippen LogP contribution is 2.36. The van der Waals surface area contributed by atoms with E-state index in [9.17, 15) is 0 Å². The van der Waals surface area contributed by atoms with Crippen molar-refractivity contribution in [2.24, 2.45) is 0 Å². The van der Waals surface area contributed by atoms with E-state index in [1.165, 1.54) is 5.01 Å². The number of nitrogens with zero attached hydrogens (tertiary/aromatic N) is 1. The number of hydrogen-bond donors (Lipinski definition) is 1. The molecule has 2 rings (SSSR count). The van der Waals surface area contributed by atoms with Crippen LogP contribution < -0.4 is 5.32 Å². The standard InChI is InChI=1S/C9H13ClN2S/c1-9(2-4-11-5-3-9)8-12-6-7(10)13-8/h6,11H,2-5H2,1H3. The average Bonchev–Trinajstić information content (AvgIpc) is 2.54. The molecule has 2 nitrogen and oxygen atoms in total. The Morgan fingerprint density at radius 2 is 2.23 bits per heavy atom. The van der Waals surface area contributed by atoms with Crippen LogP contribution in [0.5, 0.6) is 0 Å². The van der Waals surface area contributed by atoms with Crippen LogP contribution in [0, 0.1) is 0 Å². The van der Waals surface area contributed by atoms with Crippen molar-refractivity contribution in [3.63, 3.8) is 0 Å². The average molecular weight is 217 g/mol. The van der Waals surface area contributed by atoms with E-state index in [4.69, 9.17) is 11.6 Å². The summed E-state index contributed by atoms with van der Waals surface area (Å²) in [4.78, 5) is 4.37. The summed E-state index contributed by atoms with van der Waals surface area (Å²) in [6.07, 6.45) is 4.09. The van der Waals surface area contributed by atoms with Crippen LogP contribution in [-0.4, -0.2) is 18.1 Å². The highest BCUT2D eigenvalue weighted by Gasteiger charge is 2.31. The first-order valence-corrected chi connectivity index (χ1v) is 5.73. The summed E-state index contributed by atoms with van der Waals surface area (Å²) >= 11 is 7.50. The van der Waals surface area contributed by atoms with Crippen molar-refractivity contribution >= 4 is 22.9 Å². The number of thiazole rings is 1. The van der Waals surface area contributed by atoms with Gasteiger partial charge in [0.25, 0.3) is 0 Å². The quantitative estimate of drug-likeness (QED) is 0.780. The van der Waals surface area contributed by atoms with Crippen LogP contribution in [0.3, 0.4) is 0 Å². The van der Waals surface area contributed by atoms with Crippen molar-refractivity contribution in [3.05, 3.63) is 15.5 Å². The van der Waals surface area contributed by atoms with Gasteiger partial charge in [-0.05, 0) is 25.9 Å². The molecule has 0 atom stereocenters. The summed E-state index contributed by atoms with van der Waals surface area (Å²) in [7, 11) is 0. The third-order valence-corrected chi connectivity index (χ3v) is 4.12. The summed E-state index contributed by atoms with van der Waals surface area (Å²) in [6.45, 7) is 4.46. The maximum absolute atomic E-state index is 5.88. The van der Waals surface area contributed by atoms with E-state index in [1.54, 1.807) is 17.5 Å². The zero-order valence-electron chi connectivity index (χ0n) is 7.64. The summed E-state index contributed by atoms with van der Waals surface area (Å²) < 4.78 is 0.801. The summed E-state index contributed by atoms with van der Waals surface area (Å²) in [6, 6.07) is 0. The highest BCUT2D eigenvalue weighted by molar-refractivity contribution is 7.15. The van der Waals surface area contributed by atoms with Gasteiger partial charge in [0.2, 0.25) is 0 Å². The third-order valence-electron chi connectivity index (χ3n) is 2.70. The van der Waals surface area contributed by atoms with Gasteiger partial charge in [-0.15, -0.1) is 11.3 Å². The van der Waals surface area contributed by atoms with Crippen LogP contribution in [0.2, 0.25) is 4.34 Å². The number of halogens is 1. The van der Waals surface area contributed by atoms with Crippen LogP contribution in [0.1, 0.15) is 24.8 Å². The van der Waals surface area contributed by atoms with Crippen LogP contribution in [0.15, 0.2) is 6.20 Å². The maximum atomic E-state index is 5.88. The lowest BCUT2D eigenvalue weighted by molar-refractivity contribution is 0.334. The SMILES string of the molecule is CC1(c2ncc(Cl)s2)CCNCC1. The van der Waals surface area contributed by atoms with Gasteiger partial charge in [0.15, 0.2) is 0 Å². The van der Waals surface area contributed by atoms with Gasteiger partial charge in [0.05, 0.1) is 11.2 Å². The van der Waals surface area contributed by atoms with Gasteiger partial charge in [-0.1, -0.05) is 18.5 Å². The van der Waals surface area contributed by atoms with Gasteiger partial charge in [0.1, 0.15) is 4.34 Å². The van der Waals surface area contributed by atoms with E-state index < -0.39 is 0 Å². The van der Waals surface area contributed by atoms with Gasteiger partial charge in [0, 0.05) is 5.41 Å². The largest absolute Gasteiger partial charge is 0.317 e. The Labute approximate surface area is 87.3 Å². The normalized spacial score (nSPS) is 21.7. The second kappa shape index (κ2) is 3.56. The lowest BCUT2D eigenvalue weighted by Gasteiger charge is -2.31. The second-order valence-corrected chi connectivity index (χ2v) is 5.44. The highest BCUT2D eigenvalue weighted by atomic mass is 35.5. The van der Waals surface area contributed by atoms with E-state index in [0.717, 1.165) is 30.3 Å². The van der Waals surface area contributed by atoms with Crippen molar-refractivity contribution in [2.45, 2.75) is 25.2 Å². The van der Waals surface area contributed by atoms with Crippen molar-refractivity contribution in [3.8, 4) is 0 Å². The Kier molecular flexibility index (Phi) is 2.58. The summed E-state index contributed by atoms with van der Waals surface area (Å²) in [5.74, 6) is 0. The van der Waals surface area contributed by atoms with Crippen molar-refractivity contribution in [1.82, 2.24) is 10.3 Å². The predicted molar refractivity (Wildman–Crippen MR) is 56.6 cm³/mol. The first-order chi connectivity index (χ1) is 6.21. The minimum absolute atomic E-state index is 0.253. The summed E-state index contributed by atoms with van der Waals surface area (Å²) in [5, 5.41) is 4.55. The Morgan fingerprint density at radius 3 is 2.77 bits per heavy atom. The van der Waals surface area contributed by atoms with Gasteiger partial charge >= 0.3 is 0 Å². The molecule has 1 aromatic heterocycles. The van der Waals surface area contributed by atoms with E-state index in [0.29, 0.717) is 0 Å². The molecule has 4 heteroatoms. The van der Waals surface area contributed by atoms with Gasteiger partial charge in [-0.2, -0.15) is 0 Å². The van der Waals surface area contributed by atoms with Crippen LogP contribution in [0.25, 0.3) is 0 Å². The smallest absolute Gasteiger partial charge is 0.113 e. The molecular formula is C9H13ClN2S. The summed E-state index contributed by atoms with van der Waals surface area (Å²) in [5.41, 5.74) is 0.253. The molecule has 0 saturated carbocycles. The Hall–Kier alpha value is -0.120. The fraction of sp³-hybridized carbons (Fsp3) is 0.667. The fourth-order valence-corrected chi connectivity index (χ4v) is 2.84. The molecule has 0 radical (unpaired) electrons. The van der Waals surface area contributed by atoms with Crippen LogP contribution in [0.4, 0.5) is 0 Å². The molecule has 1 fully saturated rings. The second-order valence-electron chi connectivity index (χ2n) is 3.78. The molecule has 1 aliphatic rings. The monoisotopic (exact) mass is 216 g/mol. The van der Waals surface area contributed by atoms with Gasteiger partial charge < -0.3 is 5.32 Å². The maximum Gasteiger partial charge on any atom is 0.113 e. The number of rotatable bonds is 1. The minimum Gasteiger partial charge on any atom is -0.317 e. The molecule has 2 heterocycles. The zero-order chi connectivity index (χ0) is 9.31. The van der Waals surface area contributed by atoms with E-state index in [-0.39, 0.29) is 5.41 Å². The predicted octanol–water partition coefficient (Wildman–Crippen LogP) is 2.44. The Bertz CT molecular complexity index is 292. The lowest BCUT2D eigenvalue weighted by Crippen LogP contribution is -2.37. The topological polar surface area (TPSA) is 24.9 Å². The molecule has 13 heavy (non-hydrogen) atoms. The first kappa shape index (κ1) is 9.44. The number of hydrogen-bond acceptors (Lipinski definition) is 3. The molecule has 0 bridgehead atoms. The van der Waals surface area contributed by atoms with Crippen molar-refractivity contribution in [1.29, 1.82) is 0 Å². The molecule has 1 aliphatic heterocycles. The number of aromatic nitrogens is 1. The Morgan fingerprint density at radius 1 is 1.54 bits per heavy atom. The zero-order valence-corrected chi connectivity index (χ0v) is 9.21. The Balaban J connectivity index is 2.22. The number of piperidine rings is 1. The van der Waals surface area contributed by atoms with Crippen molar-refractivity contribution in [2.75, 3.05) is 13.1 Å². The molecule has 0 unspecified atom stereocenters. The van der Waals surface area contributed by atoms with Gasteiger partial charge in [-0.25, -0.2) is 4.98 Å². The van der Waals surface area contributed by atoms with Crippen LogP contribution >= 0.6 is 22.9 Å². The first-order valence-electron chi connectivity index (χ1n) is 4.53. The van der Waals surface area contributed by atoms with E-state index in [1.807, 2.05) is 0 Å². The van der Waals surface area contributed by atoms with E-state index >= 15 is 0 Å². The lowest BCUT2D eigenvalue weighted by atomic mass is 9.82. The van der Waals surface area contributed by atoms with Gasteiger partial charge in [-0.3, -0.25) is 0 Å². The van der Waals surface area contributed by atoms with E-state index in [2.05, 4.69) is 17.2 Å².